The van der Waals surface area contributed by atoms with Crippen molar-refractivity contribution in [3.63, 3.8) is 0 Å². The number of methoxy groups -OCH3 is 1. The predicted octanol–water partition coefficient (Wildman–Crippen LogP) is 4.09. The molecule has 1 aliphatic heterocycles. The van der Waals surface area contributed by atoms with E-state index in [0.29, 0.717) is 28.1 Å². The lowest BCUT2D eigenvalue weighted by Gasteiger charge is -2.34. The van der Waals surface area contributed by atoms with Crippen molar-refractivity contribution in [2.24, 2.45) is 0 Å². The zero-order chi connectivity index (χ0) is 26.1. The third-order valence-corrected chi connectivity index (χ3v) is 5.65. The molecule has 1 amide bonds. The fraction of sp³-hybridized carbons (Fsp3) is 0.480. The molecule has 35 heavy (non-hydrogen) atoms. The van der Waals surface area contributed by atoms with Crippen molar-refractivity contribution in [2.75, 3.05) is 13.7 Å². The quantitative estimate of drug-likeness (QED) is 0.353. The van der Waals surface area contributed by atoms with E-state index in [1.54, 1.807) is 41.5 Å². The van der Waals surface area contributed by atoms with Gasteiger partial charge in [-0.25, -0.2) is 14.4 Å². The average molecular weight is 486 g/mol. The molecule has 10 nitrogen and oxygen atoms in total. The molecular formula is C25H31N3O7. The number of rotatable bonds is 5. The first-order valence-corrected chi connectivity index (χ1v) is 11.3. The number of fused-ring (bicyclic) bond motifs is 1. The molecule has 0 saturated carbocycles. The van der Waals surface area contributed by atoms with Crippen LogP contribution >= 0.6 is 0 Å². The number of hydrogen-bond acceptors (Lipinski definition) is 8. The summed E-state index contributed by atoms with van der Waals surface area (Å²) in [5.74, 6) is -0.759. The Morgan fingerprint density at radius 3 is 2.17 bits per heavy atom. The summed E-state index contributed by atoms with van der Waals surface area (Å²) < 4.78 is 16.6. The summed E-state index contributed by atoms with van der Waals surface area (Å²) in [5.41, 5.74) is 0.503. The van der Waals surface area contributed by atoms with E-state index in [2.05, 4.69) is 9.84 Å². The van der Waals surface area contributed by atoms with Crippen LogP contribution in [0.5, 0.6) is 0 Å². The van der Waals surface area contributed by atoms with Crippen LogP contribution in [0.25, 0.3) is 0 Å². The maximum atomic E-state index is 13.0. The SMILES string of the molecule is CCOC(=O)n1nc(CC(=O)c2ccc(C(=O)OC)cc2)c2c1C(C)(C)N(C(=O)OC(C)(C)C)C2. The second-order valence-corrected chi connectivity index (χ2v) is 9.68. The number of ketones is 1. The molecule has 0 N–H and O–H groups in total. The van der Waals surface area contributed by atoms with Crippen LogP contribution < -0.4 is 0 Å². The number of carbonyl (C=O) groups is 4. The first-order valence-electron chi connectivity index (χ1n) is 11.3. The van der Waals surface area contributed by atoms with Gasteiger partial charge in [0.05, 0.1) is 49.2 Å². The largest absolute Gasteiger partial charge is 0.465 e. The minimum absolute atomic E-state index is 0.107. The fourth-order valence-electron chi connectivity index (χ4n) is 4.01. The molecule has 0 unspecified atom stereocenters. The van der Waals surface area contributed by atoms with Crippen LogP contribution in [0.3, 0.4) is 0 Å². The standard InChI is InChI=1S/C25H31N3O7/c1-8-34-23(32)28-20-17(14-27(25(20,5)6)22(31)35-24(2,3)4)18(26-28)13-19(29)15-9-11-16(12-10-15)21(30)33-7/h9-12H,8,13-14H2,1-7H3. The second-order valence-electron chi connectivity index (χ2n) is 9.68. The van der Waals surface area contributed by atoms with Gasteiger partial charge in [0.2, 0.25) is 0 Å². The topological polar surface area (TPSA) is 117 Å². The number of Topliss-reactive ketones (excluding diaryl/α,β-unsaturated/α-hetero) is 1. The Labute approximate surface area is 204 Å². The normalized spacial score (nSPS) is 14.3. The van der Waals surface area contributed by atoms with Gasteiger partial charge in [-0.2, -0.15) is 9.78 Å². The van der Waals surface area contributed by atoms with Gasteiger partial charge in [-0.1, -0.05) is 12.1 Å². The Hall–Kier alpha value is -3.69. The van der Waals surface area contributed by atoms with Crippen molar-refractivity contribution in [1.82, 2.24) is 14.7 Å². The highest BCUT2D eigenvalue weighted by Crippen LogP contribution is 2.41. The summed E-state index contributed by atoms with van der Waals surface area (Å²) in [6.45, 7) is 10.9. The van der Waals surface area contributed by atoms with Gasteiger partial charge in [0.1, 0.15) is 5.60 Å². The highest BCUT2D eigenvalue weighted by molar-refractivity contribution is 5.99. The van der Waals surface area contributed by atoms with Crippen molar-refractivity contribution < 1.29 is 33.4 Å². The molecule has 0 spiro atoms. The zero-order valence-corrected chi connectivity index (χ0v) is 21.1. The average Bonchev–Trinajstić information content (AvgIpc) is 3.27. The van der Waals surface area contributed by atoms with E-state index < -0.39 is 29.3 Å². The monoisotopic (exact) mass is 485 g/mol. The molecule has 188 valence electrons. The zero-order valence-electron chi connectivity index (χ0n) is 21.1. The summed E-state index contributed by atoms with van der Waals surface area (Å²) in [6, 6.07) is 6.09. The van der Waals surface area contributed by atoms with Gasteiger partial charge in [0.25, 0.3) is 0 Å². The van der Waals surface area contributed by atoms with Crippen LogP contribution in [0.15, 0.2) is 24.3 Å². The molecular weight excluding hydrogens is 454 g/mol. The number of benzene rings is 1. The second kappa shape index (κ2) is 9.52. The highest BCUT2D eigenvalue weighted by Gasteiger charge is 2.48. The van der Waals surface area contributed by atoms with Crippen LogP contribution in [-0.4, -0.2) is 57.9 Å². The number of hydrogen-bond donors (Lipinski definition) is 0. The van der Waals surface area contributed by atoms with E-state index in [1.165, 1.54) is 36.3 Å². The molecule has 0 aliphatic carbocycles. The fourth-order valence-corrected chi connectivity index (χ4v) is 4.01. The number of carbonyl (C=O) groups excluding carboxylic acids is 4. The van der Waals surface area contributed by atoms with Gasteiger partial charge in [-0.3, -0.25) is 9.69 Å². The van der Waals surface area contributed by atoms with Gasteiger partial charge >= 0.3 is 18.2 Å². The summed E-state index contributed by atoms with van der Waals surface area (Å²) in [5, 5.41) is 4.41. The van der Waals surface area contributed by atoms with Gasteiger partial charge in [-0.05, 0) is 53.7 Å². The molecule has 0 bridgehead atoms. The minimum Gasteiger partial charge on any atom is -0.465 e. The summed E-state index contributed by atoms with van der Waals surface area (Å²) >= 11 is 0. The van der Waals surface area contributed by atoms with Crippen LogP contribution in [0.4, 0.5) is 9.59 Å². The van der Waals surface area contributed by atoms with Gasteiger partial charge in [0, 0.05) is 11.1 Å². The molecule has 0 saturated heterocycles. The Balaban J connectivity index is 1.97. The van der Waals surface area contributed by atoms with Crippen molar-refractivity contribution in [3.05, 3.63) is 52.3 Å². The Morgan fingerprint density at radius 2 is 1.63 bits per heavy atom. The van der Waals surface area contributed by atoms with E-state index >= 15 is 0 Å². The van der Waals surface area contributed by atoms with E-state index in [1.807, 2.05) is 0 Å². The van der Waals surface area contributed by atoms with E-state index in [9.17, 15) is 19.2 Å². The number of nitrogens with zero attached hydrogens (tertiary/aromatic N) is 3. The van der Waals surface area contributed by atoms with Crippen LogP contribution in [0.2, 0.25) is 0 Å². The molecule has 0 radical (unpaired) electrons. The lowest BCUT2D eigenvalue weighted by Crippen LogP contribution is -2.44. The highest BCUT2D eigenvalue weighted by atomic mass is 16.6. The van der Waals surface area contributed by atoms with Crippen molar-refractivity contribution in [1.29, 1.82) is 0 Å². The number of amides is 1. The lowest BCUT2D eigenvalue weighted by molar-refractivity contribution is 0.00377. The lowest BCUT2D eigenvalue weighted by atomic mass is 9.98. The van der Waals surface area contributed by atoms with Gasteiger partial charge < -0.3 is 14.2 Å². The van der Waals surface area contributed by atoms with E-state index in [0.717, 1.165) is 4.68 Å². The maximum absolute atomic E-state index is 13.0. The van der Waals surface area contributed by atoms with Gasteiger partial charge in [-0.15, -0.1) is 0 Å². The Morgan fingerprint density at radius 1 is 1.03 bits per heavy atom. The predicted molar refractivity (Wildman–Crippen MR) is 125 cm³/mol. The molecule has 1 aromatic heterocycles. The molecule has 0 atom stereocenters. The first-order chi connectivity index (χ1) is 16.3. The number of ether oxygens (including phenoxy) is 3. The molecule has 2 aromatic rings. The third-order valence-electron chi connectivity index (χ3n) is 5.65. The number of esters is 1. The van der Waals surface area contributed by atoms with Crippen molar-refractivity contribution >= 4 is 23.9 Å². The summed E-state index contributed by atoms with van der Waals surface area (Å²) in [6.07, 6.45) is -1.33. The smallest absolute Gasteiger partial charge is 0.435 e. The third kappa shape index (κ3) is 5.21. The summed E-state index contributed by atoms with van der Waals surface area (Å²) in [4.78, 5) is 51.9. The van der Waals surface area contributed by atoms with Crippen molar-refractivity contribution in [2.45, 2.75) is 65.6 Å². The minimum atomic E-state index is -0.944. The van der Waals surface area contributed by atoms with E-state index in [4.69, 9.17) is 9.47 Å². The van der Waals surface area contributed by atoms with Crippen molar-refractivity contribution in [3.8, 4) is 0 Å². The van der Waals surface area contributed by atoms with Crippen LogP contribution in [0, 0.1) is 0 Å². The molecule has 1 aliphatic rings. The summed E-state index contributed by atoms with van der Waals surface area (Å²) in [7, 11) is 1.28. The van der Waals surface area contributed by atoms with E-state index in [-0.39, 0.29) is 25.4 Å². The Bertz CT molecular complexity index is 1160. The molecule has 10 heteroatoms. The molecule has 2 heterocycles. The molecule has 3 rings (SSSR count). The Kier molecular flexibility index (Phi) is 7.05. The molecule has 1 aromatic carbocycles. The maximum Gasteiger partial charge on any atom is 0.435 e. The van der Waals surface area contributed by atoms with Gasteiger partial charge in [0.15, 0.2) is 5.78 Å². The van der Waals surface area contributed by atoms with Crippen LogP contribution in [0.1, 0.15) is 79.2 Å². The van der Waals surface area contributed by atoms with Crippen LogP contribution in [-0.2, 0) is 32.7 Å². The first kappa shape index (κ1) is 25.9. The molecule has 0 fully saturated rings. The number of aromatic nitrogens is 2.